The van der Waals surface area contributed by atoms with E-state index in [1.807, 2.05) is 25.1 Å². The van der Waals surface area contributed by atoms with Crippen LogP contribution in [-0.4, -0.2) is 25.7 Å². The van der Waals surface area contributed by atoms with Gasteiger partial charge in [0.25, 0.3) is 0 Å². The van der Waals surface area contributed by atoms with Crippen LogP contribution in [0.3, 0.4) is 0 Å². The molecule has 88 valence electrons. The Labute approximate surface area is 94.8 Å². The molecule has 1 aromatic rings. The van der Waals surface area contributed by atoms with Gasteiger partial charge in [-0.3, -0.25) is 4.79 Å². The molecule has 0 aliphatic rings. The Balaban J connectivity index is 2.32. The Bertz CT molecular complexity index is 366. The molecule has 1 aromatic carbocycles. The van der Waals surface area contributed by atoms with Gasteiger partial charge in [0.15, 0.2) is 0 Å². The zero-order chi connectivity index (χ0) is 12.0. The molecule has 0 fully saturated rings. The van der Waals surface area contributed by atoms with Gasteiger partial charge in [-0.25, -0.2) is 0 Å². The van der Waals surface area contributed by atoms with E-state index in [0.717, 1.165) is 16.9 Å². The topological polar surface area (TPSA) is 90.4 Å². The Morgan fingerprint density at radius 2 is 2.25 bits per heavy atom. The first-order chi connectivity index (χ1) is 7.61. The van der Waals surface area contributed by atoms with Crippen LogP contribution in [0.4, 0.5) is 11.4 Å². The summed E-state index contributed by atoms with van der Waals surface area (Å²) >= 11 is 0. The number of carbonyl (C=O) groups excluding carboxylic acids is 1. The number of nitrogens with one attached hydrogen (secondary N) is 1. The number of hydrogen-bond acceptors (Lipinski definition) is 4. The van der Waals surface area contributed by atoms with Crippen LogP contribution in [0.1, 0.15) is 5.56 Å². The molecule has 5 nitrogen and oxygen atoms in total. The largest absolute Gasteiger partial charge is 0.397 e. The number of anilines is 2. The van der Waals surface area contributed by atoms with Crippen LogP contribution < -0.4 is 16.8 Å². The van der Waals surface area contributed by atoms with Crippen molar-refractivity contribution < 1.29 is 9.53 Å². The van der Waals surface area contributed by atoms with Crippen LogP contribution >= 0.6 is 0 Å². The van der Waals surface area contributed by atoms with Crippen molar-refractivity contribution in [2.24, 2.45) is 5.73 Å². The van der Waals surface area contributed by atoms with Crippen LogP contribution in [0.5, 0.6) is 0 Å². The van der Waals surface area contributed by atoms with Gasteiger partial charge >= 0.3 is 0 Å². The standard InChI is InChI=1S/C11H17N3O2/c1-8-3-2-4-9(11(8)13)14-5-6-16-7-10(12)15/h2-4,14H,5-7,13H2,1H3,(H2,12,15). The minimum Gasteiger partial charge on any atom is -0.397 e. The Hall–Kier alpha value is -1.75. The van der Waals surface area contributed by atoms with Gasteiger partial charge in [-0.05, 0) is 18.6 Å². The number of rotatable bonds is 6. The first kappa shape index (κ1) is 12.3. The number of primary amides is 1. The number of benzene rings is 1. The highest BCUT2D eigenvalue weighted by atomic mass is 16.5. The average molecular weight is 223 g/mol. The summed E-state index contributed by atoms with van der Waals surface area (Å²) in [5, 5.41) is 3.13. The summed E-state index contributed by atoms with van der Waals surface area (Å²) in [6, 6.07) is 5.78. The fourth-order valence-electron chi connectivity index (χ4n) is 1.27. The monoisotopic (exact) mass is 223 g/mol. The highest BCUT2D eigenvalue weighted by Gasteiger charge is 2.00. The number of carbonyl (C=O) groups is 1. The van der Waals surface area contributed by atoms with E-state index in [1.165, 1.54) is 0 Å². The lowest BCUT2D eigenvalue weighted by molar-refractivity contribution is -0.122. The molecule has 16 heavy (non-hydrogen) atoms. The van der Waals surface area contributed by atoms with Gasteiger partial charge in [0.05, 0.1) is 18.0 Å². The molecular weight excluding hydrogens is 206 g/mol. The van der Waals surface area contributed by atoms with Crippen LogP contribution in [0.2, 0.25) is 0 Å². The summed E-state index contributed by atoms with van der Waals surface area (Å²) in [6.45, 7) is 2.90. The third-order valence-corrected chi connectivity index (χ3v) is 2.13. The zero-order valence-corrected chi connectivity index (χ0v) is 9.32. The number of nitrogen functional groups attached to an aromatic ring is 1. The smallest absolute Gasteiger partial charge is 0.243 e. The van der Waals surface area contributed by atoms with Crippen LogP contribution in [-0.2, 0) is 9.53 Å². The predicted octanol–water partition coefficient (Wildman–Crippen LogP) is 0.491. The molecular formula is C11H17N3O2. The number of ether oxygens (including phenoxy) is 1. The van der Waals surface area contributed by atoms with Gasteiger partial charge < -0.3 is 21.5 Å². The molecule has 5 N–H and O–H groups in total. The molecule has 0 unspecified atom stereocenters. The maximum absolute atomic E-state index is 10.4. The van der Waals surface area contributed by atoms with Gasteiger partial charge in [-0.1, -0.05) is 12.1 Å². The summed E-state index contributed by atoms with van der Waals surface area (Å²) in [7, 11) is 0. The second-order valence-corrected chi connectivity index (χ2v) is 3.48. The molecule has 0 spiro atoms. The lowest BCUT2D eigenvalue weighted by Crippen LogP contribution is -2.20. The van der Waals surface area contributed by atoms with Crippen LogP contribution in [0, 0.1) is 6.92 Å². The summed E-state index contributed by atoms with van der Waals surface area (Å²) in [4.78, 5) is 10.4. The molecule has 5 heteroatoms. The van der Waals surface area contributed by atoms with E-state index < -0.39 is 5.91 Å². The fraction of sp³-hybridized carbons (Fsp3) is 0.364. The Kier molecular flexibility index (Phi) is 4.60. The Morgan fingerprint density at radius 1 is 1.50 bits per heavy atom. The third kappa shape index (κ3) is 3.78. The van der Waals surface area contributed by atoms with Gasteiger partial charge in [0.1, 0.15) is 6.61 Å². The van der Waals surface area contributed by atoms with Crippen molar-refractivity contribution in [3.8, 4) is 0 Å². The third-order valence-electron chi connectivity index (χ3n) is 2.13. The normalized spacial score (nSPS) is 10.1. The predicted molar refractivity (Wildman–Crippen MR) is 64.1 cm³/mol. The quantitative estimate of drug-likeness (QED) is 0.483. The van der Waals surface area contributed by atoms with E-state index in [9.17, 15) is 4.79 Å². The van der Waals surface area contributed by atoms with Gasteiger partial charge in [0.2, 0.25) is 5.91 Å². The van der Waals surface area contributed by atoms with Crippen molar-refractivity contribution in [1.29, 1.82) is 0 Å². The van der Waals surface area contributed by atoms with Crippen molar-refractivity contribution in [2.45, 2.75) is 6.92 Å². The minimum atomic E-state index is -0.463. The second kappa shape index (κ2) is 5.97. The summed E-state index contributed by atoms with van der Waals surface area (Å²) in [5.41, 5.74) is 13.4. The summed E-state index contributed by atoms with van der Waals surface area (Å²) < 4.78 is 5.01. The lowest BCUT2D eigenvalue weighted by atomic mass is 10.2. The lowest BCUT2D eigenvalue weighted by Gasteiger charge is -2.10. The van der Waals surface area contributed by atoms with Crippen molar-refractivity contribution in [3.05, 3.63) is 23.8 Å². The van der Waals surface area contributed by atoms with Gasteiger partial charge in [0, 0.05) is 6.54 Å². The molecule has 1 amide bonds. The molecule has 0 aliphatic carbocycles. The van der Waals surface area contributed by atoms with E-state index in [1.54, 1.807) is 0 Å². The van der Waals surface area contributed by atoms with Gasteiger partial charge in [-0.15, -0.1) is 0 Å². The van der Waals surface area contributed by atoms with Gasteiger partial charge in [-0.2, -0.15) is 0 Å². The highest BCUT2D eigenvalue weighted by Crippen LogP contribution is 2.21. The minimum absolute atomic E-state index is 0.0506. The Morgan fingerprint density at radius 3 is 2.94 bits per heavy atom. The number of aryl methyl sites for hydroxylation is 1. The van der Waals surface area contributed by atoms with E-state index in [-0.39, 0.29) is 6.61 Å². The van der Waals surface area contributed by atoms with Crippen molar-refractivity contribution in [3.63, 3.8) is 0 Å². The van der Waals surface area contributed by atoms with Crippen molar-refractivity contribution in [1.82, 2.24) is 0 Å². The van der Waals surface area contributed by atoms with E-state index >= 15 is 0 Å². The van der Waals surface area contributed by atoms with Crippen LogP contribution in [0.15, 0.2) is 18.2 Å². The second-order valence-electron chi connectivity index (χ2n) is 3.48. The fourth-order valence-corrected chi connectivity index (χ4v) is 1.27. The summed E-state index contributed by atoms with van der Waals surface area (Å²) in [6.07, 6.45) is 0. The maximum Gasteiger partial charge on any atom is 0.243 e. The number of nitrogens with two attached hydrogens (primary N) is 2. The molecule has 0 aliphatic heterocycles. The number of hydrogen-bond donors (Lipinski definition) is 3. The molecule has 0 heterocycles. The number of amides is 1. The van der Waals surface area contributed by atoms with E-state index in [2.05, 4.69) is 5.32 Å². The van der Waals surface area contributed by atoms with Crippen molar-refractivity contribution in [2.75, 3.05) is 30.8 Å². The van der Waals surface area contributed by atoms with E-state index in [0.29, 0.717) is 13.2 Å². The molecule has 0 saturated carbocycles. The summed E-state index contributed by atoms with van der Waals surface area (Å²) in [5.74, 6) is -0.463. The molecule has 0 bridgehead atoms. The molecule has 1 rings (SSSR count). The maximum atomic E-state index is 10.4. The first-order valence-electron chi connectivity index (χ1n) is 5.06. The molecule has 0 saturated heterocycles. The first-order valence-corrected chi connectivity index (χ1v) is 5.06. The highest BCUT2D eigenvalue weighted by molar-refractivity contribution is 5.75. The van der Waals surface area contributed by atoms with Crippen LogP contribution in [0.25, 0.3) is 0 Å². The van der Waals surface area contributed by atoms with E-state index in [4.69, 9.17) is 16.2 Å². The molecule has 0 atom stereocenters. The average Bonchev–Trinajstić information content (AvgIpc) is 2.23. The molecule has 0 radical (unpaired) electrons. The van der Waals surface area contributed by atoms with Crippen molar-refractivity contribution >= 4 is 17.3 Å². The number of para-hydroxylation sites is 1. The molecule has 0 aromatic heterocycles. The zero-order valence-electron chi connectivity index (χ0n) is 9.32. The SMILES string of the molecule is Cc1cccc(NCCOCC(N)=O)c1N.